The van der Waals surface area contributed by atoms with Crippen molar-refractivity contribution in [2.24, 2.45) is 0 Å². The van der Waals surface area contributed by atoms with Crippen LogP contribution in [0, 0.1) is 0 Å². The molecule has 104 heavy (non-hydrogen) atoms. The van der Waals surface area contributed by atoms with Crippen molar-refractivity contribution in [3.63, 3.8) is 0 Å². The lowest BCUT2D eigenvalue weighted by Gasteiger charge is -2.51. The number of unbranched alkanes of at least 4 members (excludes halogenated alkanes) is 1. The second-order valence-corrected chi connectivity index (χ2v) is 39.9. The zero-order chi connectivity index (χ0) is 70.0. The van der Waals surface area contributed by atoms with Crippen LogP contribution in [0.4, 0.5) is 0 Å². The van der Waals surface area contributed by atoms with Crippen molar-refractivity contribution in [3.05, 3.63) is 424 Å². The standard InChI is InChI=1S/C90H78B2N2O6Si4/c1-13-45-77(46-14-1)101(78-47-15-2-16-48-78,79-49-17-3-18-50-79)97-91(98-102(80-51-19-4-20-52-80,81-53-21-5-22-54-81)82-55-23-6-24-56-82)93(73-75-43-37-39-69-89(75)95-91)71-41-42-72-94-74-76-44-38-40-70-90(76)96-92(94,99-103(83-57-25-7-26-58-83,84-59-27-8-28-60-84)85-61-29-9-30-62-85)100-104(86-63-31-10-32-64-86,87-65-33-11-34-66-87)88-67-35-12-36-68-88/h1-40,43-70,73-74H,41-42,71-72H2. The summed E-state index contributed by atoms with van der Waals surface area (Å²) in [6.45, 7) is -5.46. The van der Waals surface area contributed by atoms with E-state index in [0.29, 0.717) is 37.4 Å². The van der Waals surface area contributed by atoms with Crippen molar-refractivity contribution in [1.82, 2.24) is 0 Å². The molecule has 0 fully saturated rings. The van der Waals surface area contributed by atoms with Gasteiger partial charge in [-0.05, 0) is 86.5 Å². The highest BCUT2D eigenvalue weighted by Crippen LogP contribution is 2.35. The quantitative estimate of drug-likeness (QED) is 0.0323. The first kappa shape index (κ1) is 67.4. The Morgan fingerprint density at radius 1 is 0.202 bits per heavy atom. The molecule has 2 aliphatic rings. The molecule has 14 aromatic rings. The monoisotopic (exact) mass is 1420 g/mol. The van der Waals surface area contributed by atoms with Crippen molar-refractivity contribution in [1.29, 1.82) is 0 Å². The molecule has 0 spiro atoms. The first-order valence-corrected chi connectivity index (χ1v) is 43.6. The lowest BCUT2D eigenvalue weighted by atomic mass is 9.91. The number of hydrogen-bond acceptors (Lipinski definition) is 6. The normalized spacial score (nSPS) is 13.9. The highest BCUT2D eigenvalue weighted by Gasteiger charge is 2.65. The topological polar surface area (TPSA) is 61.4 Å². The van der Waals surface area contributed by atoms with E-state index in [2.05, 4.69) is 422 Å². The highest BCUT2D eigenvalue weighted by molar-refractivity contribution is 7.14. The first-order valence-electron chi connectivity index (χ1n) is 36.0. The van der Waals surface area contributed by atoms with Crippen molar-refractivity contribution in [2.45, 2.75) is 12.8 Å². The minimum atomic E-state index is -3.80. The minimum absolute atomic E-state index is 0.417. The van der Waals surface area contributed by atoms with E-state index >= 15 is 0 Å². The SMILES string of the molecule is C1=[N+](CCCC[N+]2=Cc3ccccc3O[B-]2(O[Si](c2ccccc2)(c2ccccc2)c2ccccc2)O[Si](c2ccccc2)(c2ccccc2)c2ccccc2)[B-](O[Si](c2ccccc2)(c2ccccc2)c2ccccc2)(O[Si](c2ccccc2)(c2ccccc2)c2ccccc2)Oc2ccccc21. The van der Waals surface area contributed by atoms with Crippen molar-refractivity contribution in [2.75, 3.05) is 13.1 Å². The Morgan fingerprint density at radius 2 is 0.356 bits per heavy atom. The van der Waals surface area contributed by atoms with E-state index < -0.39 is 47.0 Å². The van der Waals surface area contributed by atoms with Gasteiger partial charge in [-0.1, -0.05) is 388 Å². The molecule has 0 saturated carbocycles. The van der Waals surface area contributed by atoms with E-state index in [1.165, 1.54) is 0 Å². The van der Waals surface area contributed by atoms with Crippen LogP contribution in [0.3, 0.4) is 0 Å². The van der Waals surface area contributed by atoms with E-state index in [-0.39, 0.29) is 0 Å². The zero-order valence-electron chi connectivity index (χ0n) is 57.7. The zero-order valence-corrected chi connectivity index (χ0v) is 61.7. The molecule has 14 heteroatoms. The predicted octanol–water partition coefficient (Wildman–Crippen LogP) is 10.4. The van der Waals surface area contributed by atoms with E-state index in [9.17, 15) is 0 Å². The van der Waals surface area contributed by atoms with Gasteiger partial charge in [0.05, 0.1) is 35.7 Å². The summed E-state index contributed by atoms with van der Waals surface area (Å²) in [5, 5.41) is 12.5. The molecule has 0 amide bonds. The van der Waals surface area contributed by atoms with Crippen molar-refractivity contribution < 1.29 is 35.7 Å². The number of para-hydroxylation sites is 2. The summed E-state index contributed by atoms with van der Waals surface area (Å²) in [6, 6.07) is 146. The van der Waals surface area contributed by atoms with Crippen LogP contribution in [-0.2, 0) is 17.4 Å². The van der Waals surface area contributed by atoms with Crippen LogP contribution in [0.1, 0.15) is 24.0 Å². The van der Waals surface area contributed by atoms with Crippen LogP contribution < -0.4 is 71.5 Å². The van der Waals surface area contributed by atoms with Gasteiger partial charge in [0, 0.05) is 12.8 Å². The Balaban J connectivity index is 0.912. The average Bonchev–Trinajstić information content (AvgIpc) is 0.715. The molecular formula is C90H78B2N2O6Si4. The maximum absolute atomic E-state index is 8.82. The third kappa shape index (κ3) is 12.8. The summed E-state index contributed by atoms with van der Waals surface area (Å²) in [7, 11) is -15.2. The van der Waals surface area contributed by atoms with Crippen LogP contribution in [0.5, 0.6) is 11.5 Å². The Bertz CT molecular complexity index is 4240. The van der Waals surface area contributed by atoms with Crippen LogP contribution in [-0.4, -0.2) is 81.5 Å². The maximum Gasteiger partial charge on any atom is 0.735 e. The van der Waals surface area contributed by atoms with Gasteiger partial charge in [0.2, 0.25) is 0 Å². The summed E-state index contributed by atoms with van der Waals surface area (Å²) in [6.07, 6.45) is 5.68. The number of nitrogens with zero attached hydrogens (tertiary/aromatic N) is 2. The smallest absolute Gasteiger partial charge is 0.608 e. The molecule has 0 aromatic heterocycles. The highest BCUT2D eigenvalue weighted by atomic mass is 28.4. The molecule has 0 aliphatic carbocycles. The molecule has 0 saturated heterocycles. The maximum atomic E-state index is 8.82. The molecular weight excluding hydrogens is 1340 g/mol. The van der Waals surface area contributed by atoms with E-state index in [1.807, 2.05) is 12.1 Å². The van der Waals surface area contributed by atoms with E-state index in [4.69, 9.17) is 26.7 Å². The molecule has 0 N–H and O–H groups in total. The minimum Gasteiger partial charge on any atom is -0.608 e. The van der Waals surface area contributed by atoms with E-state index in [1.54, 1.807) is 0 Å². The fraction of sp³-hybridized carbons (Fsp3) is 0.0444. The molecule has 8 nitrogen and oxygen atoms in total. The summed E-state index contributed by atoms with van der Waals surface area (Å²) in [4.78, 5) is 0. The summed E-state index contributed by atoms with van der Waals surface area (Å²) in [5.74, 6) is 1.31. The molecule has 2 aliphatic heterocycles. The first-order chi connectivity index (χ1) is 51.4. The lowest BCUT2D eigenvalue weighted by Crippen LogP contribution is -2.82. The fourth-order valence-electron chi connectivity index (χ4n) is 15.6. The van der Waals surface area contributed by atoms with E-state index in [0.717, 1.165) is 73.4 Å². The van der Waals surface area contributed by atoms with Crippen LogP contribution in [0.15, 0.2) is 413 Å². The molecule has 16 rings (SSSR count). The average molecular weight is 1420 g/mol. The molecule has 506 valence electrons. The predicted molar refractivity (Wildman–Crippen MR) is 436 cm³/mol. The summed E-state index contributed by atoms with van der Waals surface area (Å²) in [5.41, 5.74) is 1.81. The number of hydrogen-bond donors (Lipinski definition) is 0. The van der Waals surface area contributed by atoms with Crippen LogP contribution in [0.25, 0.3) is 0 Å². The fourth-order valence-corrected chi connectivity index (χ4v) is 32.1. The molecule has 2 heterocycles. The molecule has 0 atom stereocenters. The number of fused-ring (bicyclic) bond motifs is 2. The molecule has 14 aromatic carbocycles. The molecule has 0 unspecified atom stereocenters. The Labute approximate surface area is 614 Å². The lowest BCUT2D eigenvalue weighted by molar-refractivity contribution is -0.457. The van der Waals surface area contributed by atoms with Gasteiger partial charge in [-0.15, -0.1) is 0 Å². The third-order valence-corrected chi connectivity index (χ3v) is 36.7. The Kier molecular flexibility index (Phi) is 19.5. The molecule has 0 radical (unpaired) electrons. The van der Waals surface area contributed by atoms with Gasteiger partial charge in [-0.25, -0.2) is 0 Å². The van der Waals surface area contributed by atoms with Gasteiger partial charge in [0.1, 0.15) is 12.4 Å². The van der Waals surface area contributed by atoms with Gasteiger partial charge >= 0.3 is 13.8 Å². The van der Waals surface area contributed by atoms with Crippen molar-refractivity contribution in [3.8, 4) is 11.5 Å². The van der Waals surface area contributed by atoms with Gasteiger partial charge in [0.25, 0.3) is 33.3 Å². The second kappa shape index (κ2) is 30.0. The Morgan fingerprint density at radius 3 is 0.529 bits per heavy atom. The van der Waals surface area contributed by atoms with Gasteiger partial charge in [-0.2, -0.15) is 0 Å². The number of benzene rings is 14. The van der Waals surface area contributed by atoms with Gasteiger partial charge < -0.3 is 35.7 Å². The Hall–Kier alpha value is -11.1. The molecule has 0 bridgehead atoms. The second-order valence-electron chi connectivity index (χ2n) is 26.6. The van der Waals surface area contributed by atoms with Gasteiger partial charge in [0.15, 0.2) is 0 Å². The summed E-state index contributed by atoms with van der Waals surface area (Å²) >= 11 is 0. The van der Waals surface area contributed by atoms with Crippen LogP contribution >= 0.6 is 0 Å². The summed E-state index contributed by atoms with van der Waals surface area (Å²) < 4.78 is 56.0. The number of rotatable bonds is 25. The van der Waals surface area contributed by atoms with Crippen LogP contribution in [0.2, 0.25) is 0 Å². The third-order valence-electron chi connectivity index (χ3n) is 20.4. The van der Waals surface area contributed by atoms with Crippen molar-refractivity contribution >= 4 is 122 Å². The van der Waals surface area contributed by atoms with Gasteiger partial charge in [-0.3, -0.25) is 0 Å². The largest absolute Gasteiger partial charge is 0.735 e.